The van der Waals surface area contributed by atoms with Crippen LogP contribution >= 0.6 is 0 Å². The summed E-state index contributed by atoms with van der Waals surface area (Å²) in [6, 6.07) is 1.44. The van der Waals surface area contributed by atoms with Crippen molar-refractivity contribution < 1.29 is 19.8 Å². The van der Waals surface area contributed by atoms with Gasteiger partial charge in [-0.2, -0.15) is 0 Å². The van der Waals surface area contributed by atoms with Crippen LogP contribution in [-0.4, -0.2) is 22.8 Å². The van der Waals surface area contributed by atoms with Crippen molar-refractivity contribution in [3.63, 3.8) is 0 Å². The number of phenolic OH excluding ortho intramolecular Hbond substituents is 2. The number of aldehydes is 2. The molecule has 1 aromatic rings. The van der Waals surface area contributed by atoms with Gasteiger partial charge in [-0.1, -0.05) is 26.2 Å². The van der Waals surface area contributed by atoms with Gasteiger partial charge >= 0.3 is 0 Å². The van der Waals surface area contributed by atoms with E-state index in [-0.39, 0.29) is 16.9 Å². The van der Waals surface area contributed by atoms with E-state index in [1.54, 1.807) is 0 Å². The second kappa shape index (κ2) is 6.79. The summed E-state index contributed by atoms with van der Waals surface area (Å²) < 4.78 is 0. The molecule has 0 bridgehead atoms. The van der Waals surface area contributed by atoms with Crippen molar-refractivity contribution in [3.05, 3.63) is 22.8 Å². The number of rotatable bonds is 7. The van der Waals surface area contributed by atoms with Crippen molar-refractivity contribution >= 4 is 12.6 Å². The average molecular weight is 250 g/mol. The van der Waals surface area contributed by atoms with Crippen LogP contribution in [-0.2, 0) is 6.42 Å². The maximum Gasteiger partial charge on any atom is 0.157 e. The smallest absolute Gasteiger partial charge is 0.157 e. The number of aryl methyl sites for hydroxylation is 1. The lowest BCUT2D eigenvalue weighted by Gasteiger charge is -2.10. The number of phenols is 2. The minimum atomic E-state index is -0.449. The van der Waals surface area contributed by atoms with Crippen LogP contribution in [0.5, 0.6) is 11.5 Å². The third-order valence-electron chi connectivity index (χ3n) is 2.96. The van der Waals surface area contributed by atoms with Crippen LogP contribution in [0, 0.1) is 0 Å². The lowest BCUT2D eigenvalue weighted by Crippen LogP contribution is -1.96. The summed E-state index contributed by atoms with van der Waals surface area (Å²) >= 11 is 0. The molecule has 2 N–H and O–H groups in total. The summed E-state index contributed by atoms with van der Waals surface area (Å²) in [4.78, 5) is 21.6. The first kappa shape index (κ1) is 14.2. The van der Waals surface area contributed by atoms with E-state index in [1.165, 1.54) is 6.07 Å². The molecule has 0 aliphatic carbocycles. The maximum atomic E-state index is 10.8. The van der Waals surface area contributed by atoms with Crippen molar-refractivity contribution in [3.8, 4) is 11.5 Å². The van der Waals surface area contributed by atoms with Crippen molar-refractivity contribution in [2.24, 2.45) is 0 Å². The van der Waals surface area contributed by atoms with Crippen LogP contribution in [0.3, 0.4) is 0 Å². The fourth-order valence-corrected chi connectivity index (χ4v) is 1.90. The first-order chi connectivity index (χ1) is 8.65. The molecule has 0 heterocycles. The number of aromatic hydroxyl groups is 2. The van der Waals surface area contributed by atoms with Crippen molar-refractivity contribution in [2.75, 3.05) is 0 Å². The number of carbonyl (C=O) groups excluding carboxylic acids is 2. The van der Waals surface area contributed by atoms with E-state index in [2.05, 4.69) is 6.92 Å². The second-order valence-electron chi connectivity index (χ2n) is 4.28. The van der Waals surface area contributed by atoms with E-state index in [0.717, 1.165) is 25.7 Å². The molecule has 0 atom stereocenters. The normalized spacial score (nSPS) is 10.3. The van der Waals surface area contributed by atoms with Gasteiger partial charge in [-0.25, -0.2) is 0 Å². The van der Waals surface area contributed by atoms with E-state index in [9.17, 15) is 19.8 Å². The maximum absolute atomic E-state index is 10.8. The molecule has 0 aliphatic rings. The summed E-state index contributed by atoms with van der Waals surface area (Å²) in [5.74, 6) is -0.667. The lowest BCUT2D eigenvalue weighted by molar-refractivity contribution is 0.111. The van der Waals surface area contributed by atoms with Gasteiger partial charge in [0, 0.05) is 0 Å². The van der Waals surface area contributed by atoms with E-state index < -0.39 is 5.75 Å². The van der Waals surface area contributed by atoms with Gasteiger partial charge in [0.05, 0.1) is 11.1 Å². The molecule has 4 heteroatoms. The van der Waals surface area contributed by atoms with Crippen LogP contribution in [0.15, 0.2) is 6.07 Å². The summed E-state index contributed by atoms with van der Waals surface area (Å²) in [6.45, 7) is 2.10. The molecule has 0 fully saturated rings. The monoisotopic (exact) mass is 250 g/mol. The molecule has 98 valence electrons. The van der Waals surface area contributed by atoms with Crippen molar-refractivity contribution in [1.29, 1.82) is 0 Å². The zero-order valence-corrected chi connectivity index (χ0v) is 10.5. The molecule has 0 amide bonds. The van der Waals surface area contributed by atoms with Gasteiger partial charge < -0.3 is 10.2 Å². The van der Waals surface area contributed by atoms with Crippen molar-refractivity contribution in [1.82, 2.24) is 0 Å². The molecular formula is C14H18O4. The van der Waals surface area contributed by atoms with Gasteiger partial charge in [-0.3, -0.25) is 9.59 Å². The topological polar surface area (TPSA) is 74.6 Å². The van der Waals surface area contributed by atoms with Gasteiger partial charge in [-0.05, 0) is 24.5 Å². The van der Waals surface area contributed by atoms with Crippen LogP contribution < -0.4 is 0 Å². The molecule has 0 aromatic heterocycles. The standard InChI is InChI=1S/C14H18O4/c1-2-3-4-5-6-10-7-11(8-15)14(18)12(9-16)13(10)17/h7-9,17-18H,2-6H2,1H3. The Morgan fingerprint density at radius 3 is 2.33 bits per heavy atom. The highest BCUT2D eigenvalue weighted by Crippen LogP contribution is 2.33. The fraction of sp³-hybridized carbons (Fsp3) is 0.429. The minimum absolute atomic E-state index is 0.0420. The van der Waals surface area contributed by atoms with E-state index >= 15 is 0 Å². The second-order valence-corrected chi connectivity index (χ2v) is 4.28. The number of benzene rings is 1. The number of hydrogen-bond donors (Lipinski definition) is 2. The van der Waals surface area contributed by atoms with Gasteiger partial charge in [0.2, 0.25) is 0 Å². The zero-order chi connectivity index (χ0) is 13.5. The third kappa shape index (κ3) is 3.09. The highest BCUT2D eigenvalue weighted by Gasteiger charge is 2.16. The molecule has 4 nitrogen and oxygen atoms in total. The van der Waals surface area contributed by atoms with Crippen LogP contribution in [0.25, 0.3) is 0 Å². The average Bonchev–Trinajstić information content (AvgIpc) is 2.37. The number of unbranched alkanes of at least 4 members (excludes halogenated alkanes) is 3. The Labute approximate surface area is 106 Å². The van der Waals surface area contributed by atoms with Crippen LogP contribution in [0.4, 0.5) is 0 Å². The minimum Gasteiger partial charge on any atom is -0.507 e. The predicted octanol–water partition coefficient (Wildman–Crippen LogP) is 2.85. The molecule has 0 saturated heterocycles. The summed E-state index contributed by atoms with van der Waals surface area (Å²) in [7, 11) is 0. The SMILES string of the molecule is CCCCCCc1cc(C=O)c(O)c(C=O)c1O. The highest BCUT2D eigenvalue weighted by atomic mass is 16.3. The summed E-state index contributed by atoms with van der Waals surface area (Å²) in [6.07, 6.45) is 5.57. The van der Waals surface area contributed by atoms with E-state index in [4.69, 9.17) is 0 Å². The Kier molecular flexibility index (Phi) is 5.36. The fourth-order valence-electron chi connectivity index (χ4n) is 1.90. The Balaban J connectivity index is 2.97. The number of hydrogen-bond acceptors (Lipinski definition) is 4. The molecule has 0 aliphatic heterocycles. The molecule has 0 spiro atoms. The highest BCUT2D eigenvalue weighted by molar-refractivity contribution is 5.91. The summed E-state index contributed by atoms with van der Waals surface area (Å²) in [5.41, 5.74) is 0.374. The van der Waals surface area contributed by atoms with E-state index in [1.807, 2.05) is 0 Å². The Morgan fingerprint density at radius 2 is 1.78 bits per heavy atom. The van der Waals surface area contributed by atoms with Gasteiger partial charge in [0.1, 0.15) is 11.5 Å². The number of carbonyl (C=O) groups is 2. The largest absolute Gasteiger partial charge is 0.507 e. The molecule has 0 unspecified atom stereocenters. The first-order valence-electron chi connectivity index (χ1n) is 6.13. The molecule has 1 aromatic carbocycles. The lowest BCUT2D eigenvalue weighted by atomic mass is 9.99. The quantitative estimate of drug-likeness (QED) is 0.576. The van der Waals surface area contributed by atoms with E-state index in [0.29, 0.717) is 24.6 Å². The Morgan fingerprint density at radius 1 is 1.06 bits per heavy atom. The Hall–Kier alpha value is -1.84. The molecule has 1 rings (SSSR count). The summed E-state index contributed by atoms with van der Waals surface area (Å²) in [5, 5.41) is 19.4. The molecule has 18 heavy (non-hydrogen) atoms. The molecule has 0 saturated carbocycles. The molecular weight excluding hydrogens is 232 g/mol. The Bertz CT molecular complexity index is 438. The van der Waals surface area contributed by atoms with Crippen LogP contribution in [0.1, 0.15) is 58.9 Å². The van der Waals surface area contributed by atoms with Gasteiger partial charge in [-0.15, -0.1) is 0 Å². The third-order valence-corrected chi connectivity index (χ3v) is 2.96. The van der Waals surface area contributed by atoms with Gasteiger partial charge in [0.15, 0.2) is 12.6 Å². The van der Waals surface area contributed by atoms with Crippen LogP contribution in [0.2, 0.25) is 0 Å². The van der Waals surface area contributed by atoms with Gasteiger partial charge in [0.25, 0.3) is 0 Å². The zero-order valence-electron chi connectivity index (χ0n) is 10.5. The predicted molar refractivity (Wildman–Crippen MR) is 68.4 cm³/mol. The first-order valence-corrected chi connectivity index (χ1v) is 6.13. The molecule has 0 radical (unpaired) electrons. The van der Waals surface area contributed by atoms with Crippen molar-refractivity contribution in [2.45, 2.75) is 39.0 Å².